The van der Waals surface area contributed by atoms with Gasteiger partial charge in [-0.2, -0.15) is 5.26 Å². The first-order valence-corrected chi connectivity index (χ1v) is 4.97. The Bertz CT molecular complexity index is 376. The standard InChI is InChI=1S/C11H12F2N2O/c1-2-3-10(16)15-7-5-9(4-6-14)11(12,13)8-15/h9H,4-5,7-8H2,1H3. The molecule has 0 radical (unpaired) electrons. The van der Waals surface area contributed by atoms with Crippen LogP contribution in [0.1, 0.15) is 19.8 Å². The molecule has 0 N–H and O–H groups in total. The molecular formula is C11H12F2N2O. The third kappa shape index (κ3) is 2.70. The zero-order chi connectivity index (χ0) is 12.2. The average molecular weight is 226 g/mol. The van der Waals surface area contributed by atoms with Gasteiger partial charge in [-0.25, -0.2) is 8.78 Å². The smallest absolute Gasteiger partial charge is 0.298 e. The van der Waals surface area contributed by atoms with Crippen LogP contribution in [0.25, 0.3) is 0 Å². The van der Waals surface area contributed by atoms with Crippen LogP contribution in [-0.4, -0.2) is 29.8 Å². The first-order chi connectivity index (χ1) is 7.51. The fourth-order valence-electron chi connectivity index (χ4n) is 1.71. The molecule has 0 aromatic carbocycles. The number of hydrogen-bond acceptors (Lipinski definition) is 2. The summed E-state index contributed by atoms with van der Waals surface area (Å²) in [6.07, 6.45) is -0.0216. The van der Waals surface area contributed by atoms with Crippen LogP contribution in [0.15, 0.2) is 0 Å². The molecule has 1 fully saturated rings. The topological polar surface area (TPSA) is 44.1 Å². The zero-order valence-electron chi connectivity index (χ0n) is 8.96. The molecule has 1 aliphatic rings. The van der Waals surface area contributed by atoms with Gasteiger partial charge in [0.2, 0.25) is 0 Å². The maximum absolute atomic E-state index is 13.5. The molecule has 0 spiro atoms. The number of likely N-dealkylation sites (tertiary alicyclic amines) is 1. The van der Waals surface area contributed by atoms with Gasteiger partial charge in [0.15, 0.2) is 0 Å². The van der Waals surface area contributed by atoms with Gasteiger partial charge < -0.3 is 4.90 Å². The van der Waals surface area contributed by atoms with Crippen LogP contribution in [0.5, 0.6) is 0 Å². The van der Waals surface area contributed by atoms with Crippen LogP contribution in [-0.2, 0) is 4.79 Å². The van der Waals surface area contributed by atoms with E-state index in [9.17, 15) is 13.6 Å². The number of alkyl halides is 2. The molecule has 5 heteroatoms. The highest BCUT2D eigenvalue weighted by molar-refractivity contribution is 5.93. The quantitative estimate of drug-likeness (QED) is 0.634. The minimum Gasteiger partial charge on any atom is -0.326 e. The summed E-state index contributed by atoms with van der Waals surface area (Å²) in [5.74, 6) is 0.122. The number of carbonyl (C=O) groups is 1. The van der Waals surface area contributed by atoms with Crippen LogP contribution in [0.4, 0.5) is 8.78 Å². The van der Waals surface area contributed by atoms with Crippen molar-refractivity contribution >= 4 is 5.91 Å². The largest absolute Gasteiger partial charge is 0.326 e. The van der Waals surface area contributed by atoms with E-state index >= 15 is 0 Å². The highest BCUT2D eigenvalue weighted by Crippen LogP contribution is 2.34. The summed E-state index contributed by atoms with van der Waals surface area (Å²) in [6, 6.07) is 1.75. The zero-order valence-corrected chi connectivity index (χ0v) is 8.96. The van der Waals surface area contributed by atoms with Crippen molar-refractivity contribution in [1.82, 2.24) is 4.90 Å². The van der Waals surface area contributed by atoms with E-state index < -0.39 is 24.3 Å². The van der Waals surface area contributed by atoms with Crippen molar-refractivity contribution in [3.63, 3.8) is 0 Å². The van der Waals surface area contributed by atoms with Crippen LogP contribution in [0.3, 0.4) is 0 Å². The molecule has 1 saturated heterocycles. The highest BCUT2D eigenvalue weighted by atomic mass is 19.3. The number of nitrogens with zero attached hydrogens (tertiary/aromatic N) is 2. The molecular weight excluding hydrogens is 214 g/mol. The van der Waals surface area contributed by atoms with Crippen LogP contribution in [0.2, 0.25) is 0 Å². The summed E-state index contributed by atoms with van der Waals surface area (Å²) >= 11 is 0. The Morgan fingerprint density at radius 3 is 2.81 bits per heavy atom. The Labute approximate surface area is 93.0 Å². The fourth-order valence-corrected chi connectivity index (χ4v) is 1.71. The first-order valence-electron chi connectivity index (χ1n) is 4.97. The Morgan fingerprint density at radius 1 is 1.62 bits per heavy atom. The van der Waals surface area contributed by atoms with Gasteiger partial charge in [-0.15, -0.1) is 0 Å². The third-order valence-electron chi connectivity index (χ3n) is 2.60. The number of hydrogen-bond donors (Lipinski definition) is 0. The lowest BCUT2D eigenvalue weighted by molar-refractivity contribution is -0.144. The van der Waals surface area contributed by atoms with Gasteiger partial charge in [-0.3, -0.25) is 4.79 Å². The third-order valence-corrected chi connectivity index (χ3v) is 2.60. The lowest BCUT2D eigenvalue weighted by Crippen LogP contribution is -2.50. The van der Waals surface area contributed by atoms with E-state index in [1.54, 1.807) is 6.07 Å². The lowest BCUT2D eigenvalue weighted by Gasteiger charge is -2.36. The van der Waals surface area contributed by atoms with E-state index in [-0.39, 0.29) is 19.4 Å². The van der Waals surface area contributed by atoms with Crippen LogP contribution in [0, 0.1) is 29.1 Å². The molecule has 0 aromatic rings. The van der Waals surface area contributed by atoms with Gasteiger partial charge in [0.05, 0.1) is 12.6 Å². The van der Waals surface area contributed by atoms with Crippen molar-refractivity contribution in [1.29, 1.82) is 5.26 Å². The van der Waals surface area contributed by atoms with Crippen molar-refractivity contribution < 1.29 is 13.6 Å². The molecule has 3 nitrogen and oxygen atoms in total. The number of nitriles is 1. The van der Waals surface area contributed by atoms with Crippen molar-refractivity contribution in [3.05, 3.63) is 0 Å². The summed E-state index contributed by atoms with van der Waals surface area (Å²) < 4.78 is 27.0. The Hall–Kier alpha value is -1.62. The van der Waals surface area contributed by atoms with E-state index in [1.807, 2.05) is 0 Å². The minimum atomic E-state index is -2.99. The van der Waals surface area contributed by atoms with E-state index in [0.29, 0.717) is 0 Å². The molecule has 0 aliphatic carbocycles. The normalized spacial score (nSPS) is 22.9. The Balaban J connectivity index is 2.70. The van der Waals surface area contributed by atoms with Gasteiger partial charge in [0.25, 0.3) is 11.8 Å². The first kappa shape index (κ1) is 12.4. The highest BCUT2D eigenvalue weighted by Gasteiger charge is 2.45. The summed E-state index contributed by atoms with van der Waals surface area (Å²) in [5, 5.41) is 8.42. The van der Waals surface area contributed by atoms with E-state index in [2.05, 4.69) is 11.8 Å². The minimum absolute atomic E-state index is 0.150. The van der Waals surface area contributed by atoms with Gasteiger partial charge in [0.1, 0.15) is 0 Å². The summed E-state index contributed by atoms with van der Waals surface area (Å²) in [7, 11) is 0. The number of carbonyl (C=O) groups excluding carboxylic acids is 1. The van der Waals surface area contributed by atoms with Crippen LogP contribution >= 0.6 is 0 Å². The predicted molar refractivity (Wildman–Crippen MR) is 53.3 cm³/mol. The lowest BCUT2D eigenvalue weighted by atomic mass is 9.90. The van der Waals surface area contributed by atoms with E-state index in [1.165, 1.54) is 6.92 Å². The molecule has 1 rings (SSSR count). The molecule has 1 heterocycles. The van der Waals surface area contributed by atoms with Crippen molar-refractivity contribution in [3.8, 4) is 17.9 Å². The molecule has 1 atom stereocenters. The van der Waals surface area contributed by atoms with Crippen molar-refractivity contribution in [2.24, 2.45) is 5.92 Å². The molecule has 0 saturated carbocycles. The Morgan fingerprint density at radius 2 is 2.31 bits per heavy atom. The van der Waals surface area contributed by atoms with E-state index in [0.717, 1.165) is 4.90 Å². The molecule has 0 bridgehead atoms. The second-order valence-corrected chi connectivity index (χ2v) is 3.71. The SMILES string of the molecule is CC#CC(=O)N1CCC(CC#N)C(F)(F)C1. The number of amides is 1. The maximum atomic E-state index is 13.5. The average Bonchev–Trinajstić information content (AvgIpc) is 2.21. The monoisotopic (exact) mass is 226 g/mol. The summed E-state index contributed by atoms with van der Waals surface area (Å²) in [5.41, 5.74) is 0. The molecule has 1 amide bonds. The van der Waals surface area contributed by atoms with E-state index in [4.69, 9.17) is 5.26 Å². The van der Waals surface area contributed by atoms with Crippen LogP contribution < -0.4 is 0 Å². The molecule has 86 valence electrons. The molecule has 16 heavy (non-hydrogen) atoms. The number of piperidine rings is 1. The maximum Gasteiger partial charge on any atom is 0.298 e. The molecule has 0 aromatic heterocycles. The van der Waals surface area contributed by atoms with Gasteiger partial charge >= 0.3 is 0 Å². The second kappa shape index (κ2) is 4.94. The predicted octanol–water partition coefficient (Wildman–Crippen LogP) is 1.41. The number of rotatable bonds is 1. The fraction of sp³-hybridized carbons (Fsp3) is 0.636. The molecule has 1 aliphatic heterocycles. The van der Waals surface area contributed by atoms with Crippen molar-refractivity contribution in [2.45, 2.75) is 25.7 Å². The summed E-state index contributed by atoms with van der Waals surface area (Å²) in [6.45, 7) is 1.10. The second-order valence-electron chi connectivity index (χ2n) is 3.71. The van der Waals surface area contributed by atoms with Crippen molar-refractivity contribution in [2.75, 3.05) is 13.1 Å². The van der Waals surface area contributed by atoms with Gasteiger partial charge in [0, 0.05) is 18.9 Å². The summed E-state index contributed by atoms with van der Waals surface area (Å²) in [4.78, 5) is 12.4. The van der Waals surface area contributed by atoms with Gasteiger partial charge in [-0.05, 0) is 19.3 Å². The van der Waals surface area contributed by atoms with Gasteiger partial charge in [-0.1, -0.05) is 5.92 Å². The number of halogens is 2. The Kier molecular flexibility index (Phi) is 3.84. The molecule has 1 unspecified atom stereocenters.